The maximum Gasteiger partial charge on any atom is 0.220 e. The van der Waals surface area contributed by atoms with Crippen LogP contribution in [0.2, 0.25) is 0 Å². The van der Waals surface area contributed by atoms with Crippen molar-refractivity contribution in [2.45, 2.75) is 57.9 Å². The molecule has 126 valence electrons. The number of rotatable bonds is 6. The summed E-state index contributed by atoms with van der Waals surface area (Å²) >= 11 is 0. The van der Waals surface area contributed by atoms with Crippen molar-refractivity contribution in [3.8, 4) is 6.07 Å². The Hall–Kier alpha value is -2.28. The Labute approximate surface area is 144 Å². The molecule has 4 nitrogen and oxygen atoms in total. The first kappa shape index (κ1) is 16.6. The van der Waals surface area contributed by atoms with E-state index in [1.54, 1.807) is 0 Å². The summed E-state index contributed by atoms with van der Waals surface area (Å²) in [5.74, 6) is 1.92. The predicted octanol–water partition coefficient (Wildman–Crippen LogP) is 4.47. The minimum absolute atomic E-state index is 0.0763. The third-order valence-electron chi connectivity index (χ3n) is 4.59. The molecule has 0 spiro atoms. The highest BCUT2D eigenvalue weighted by molar-refractivity contribution is 5.46. The number of benzene rings is 1. The van der Waals surface area contributed by atoms with Crippen molar-refractivity contribution >= 4 is 5.88 Å². The fourth-order valence-corrected chi connectivity index (χ4v) is 3.29. The van der Waals surface area contributed by atoms with Crippen LogP contribution in [0.15, 0.2) is 34.7 Å². The van der Waals surface area contributed by atoms with Crippen LogP contribution in [0, 0.1) is 11.3 Å². The molecule has 24 heavy (non-hydrogen) atoms. The molecular formula is C20H25N3O. The summed E-state index contributed by atoms with van der Waals surface area (Å²) in [6.07, 6.45) is 4.83. The molecule has 1 aliphatic heterocycles. The zero-order valence-electron chi connectivity index (χ0n) is 14.5. The molecular weight excluding hydrogens is 298 g/mol. The third-order valence-corrected chi connectivity index (χ3v) is 4.59. The highest BCUT2D eigenvalue weighted by Crippen LogP contribution is 2.33. The van der Waals surface area contributed by atoms with E-state index < -0.39 is 0 Å². The number of hydrogen-bond acceptors (Lipinski definition) is 4. The minimum Gasteiger partial charge on any atom is -0.425 e. The highest BCUT2D eigenvalue weighted by atomic mass is 16.4. The normalized spacial score (nSPS) is 17.4. The second kappa shape index (κ2) is 7.53. The van der Waals surface area contributed by atoms with Crippen LogP contribution in [-0.2, 0) is 12.8 Å². The Kier molecular flexibility index (Phi) is 5.20. The molecule has 1 saturated heterocycles. The Balaban J connectivity index is 1.70. The lowest BCUT2D eigenvalue weighted by Crippen LogP contribution is -2.28. The van der Waals surface area contributed by atoms with Crippen molar-refractivity contribution in [3.63, 3.8) is 0 Å². The molecule has 1 atom stereocenters. The molecule has 0 amide bonds. The van der Waals surface area contributed by atoms with Gasteiger partial charge in [-0.25, -0.2) is 4.98 Å². The fourth-order valence-electron chi connectivity index (χ4n) is 3.29. The van der Waals surface area contributed by atoms with Crippen LogP contribution in [0.1, 0.15) is 56.2 Å². The van der Waals surface area contributed by atoms with Crippen LogP contribution < -0.4 is 4.90 Å². The van der Waals surface area contributed by atoms with Gasteiger partial charge in [-0.2, -0.15) is 5.26 Å². The maximum absolute atomic E-state index is 9.35. The standard InChI is InChI=1S/C20H25N3O/c1-15(2)19-20(23-13-7-11-17(23)14-21)24-18(22-19)12-6-10-16-8-4-3-5-9-16/h3-5,8-9,15,17H,6-7,10-13H2,1-2H3. The van der Waals surface area contributed by atoms with Crippen molar-refractivity contribution < 1.29 is 4.42 Å². The van der Waals surface area contributed by atoms with E-state index in [-0.39, 0.29) is 6.04 Å². The van der Waals surface area contributed by atoms with Gasteiger partial charge >= 0.3 is 0 Å². The predicted molar refractivity (Wildman–Crippen MR) is 95.0 cm³/mol. The molecule has 3 rings (SSSR count). The fraction of sp³-hybridized carbons (Fsp3) is 0.500. The largest absolute Gasteiger partial charge is 0.425 e. The summed E-state index contributed by atoms with van der Waals surface area (Å²) in [6, 6.07) is 12.8. The second-order valence-corrected chi connectivity index (χ2v) is 6.77. The van der Waals surface area contributed by atoms with Crippen LogP contribution in [0.4, 0.5) is 5.88 Å². The Morgan fingerprint density at radius 3 is 2.79 bits per heavy atom. The topological polar surface area (TPSA) is 53.1 Å². The highest BCUT2D eigenvalue weighted by Gasteiger charge is 2.30. The molecule has 0 aliphatic carbocycles. The van der Waals surface area contributed by atoms with Crippen molar-refractivity contribution in [1.82, 2.24) is 4.98 Å². The zero-order chi connectivity index (χ0) is 16.9. The summed E-state index contributed by atoms with van der Waals surface area (Å²) in [6.45, 7) is 5.15. The average Bonchev–Trinajstić information content (AvgIpc) is 3.22. The van der Waals surface area contributed by atoms with Crippen LogP contribution in [0.5, 0.6) is 0 Å². The SMILES string of the molecule is CC(C)c1nc(CCCc2ccccc2)oc1N1CCCC1C#N. The van der Waals surface area contributed by atoms with E-state index in [0.717, 1.165) is 56.1 Å². The van der Waals surface area contributed by atoms with E-state index in [9.17, 15) is 5.26 Å². The van der Waals surface area contributed by atoms with Crippen molar-refractivity contribution in [2.24, 2.45) is 0 Å². The smallest absolute Gasteiger partial charge is 0.220 e. The number of oxazole rings is 1. The van der Waals surface area contributed by atoms with E-state index in [2.05, 4.69) is 49.1 Å². The van der Waals surface area contributed by atoms with Crippen LogP contribution in [0.3, 0.4) is 0 Å². The van der Waals surface area contributed by atoms with Crippen LogP contribution >= 0.6 is 0 Å². The van der Waals surface area contributed by atoms with Crippen molar-refractivity contribution in [2.75, 3.05) is 11.4 Å². The number of nitrogens with zero attached hydrogens (tertiary/aromatic N) is 3. The molecule has 1 unspecified atom stereocenters. The summed E-state index contributed by atoms with van der Waals surface area (Å²) in [5.41, 5.74) is 2.34. The van der Waals surface area contributed by atoms with Gasteiger partial charge in [0.1, 0.15) is 11.7 Å². The molecule has 1 aliphatic rings. The van der Waals surface area contributed by atoms with Gasteiger partial charge in [0.05, 0.1) is 6.07 Å². The minimum atomic E-state index is -0.0763. The van der Waals surface area contributed by atoms with Gasteiger partial charge in [0, 0.05) is 18.9 Å². The number of aryl methyl sites for hydroxylation is 2. The van der Waals surface area contributed by atoms with Gasteiger partial charge in [-0.3, -0.25) is 0 Å². The molecule has 2 aromatic rings. The molecule has 1 aromatic heterocycles. The van der Waals surface area contributed by atoms with E-state index in [4.69, 9.17) is 9.40 Å². The van der Waals surface area contributed by atoms with Gasteiger partial charge in [0.2, 0.25) is 5.88 Å². The molecule has 0 N–H and O–H groups in total. The van der Waals surface area contributed by atoms with Crippen molar-refractivity contribution in [1.29, 1.82) is 5.26 Å². The van der Waals surface area contributed by atoms with E-state index in [1.165, 1.54) is 5.56 Å². The number of anilines is 1. The second-order valence-electron chi connectivity index (χ2n) is 6.77. The zero-order valence-corrected chi connectivity index (χ0v) is 14.5. The lowest BCUT2D eigenvalue weighted by Gasteiger charge is -2.20. The first-order chi connectivity index (χ1) is 11.7. The van der Waals surface area contributed by atoms with Crippen LogP contribution in [0.25, 0.3) is 0 Å². The maximum atomic E-state index is 9.35. The number of aromatic nitrogens is 1. The molecule has 1 fully saturated rings. The Morgan fingerprint density at radius 2 is 2.08 bits per heavy atom. The van der Waals surface area contributed by atoms with Gasteiger partial charge in [0.15, 0.2) is 5.89 Å². The third kappa shape index (κ3) is 3.62. The lowest BCUT2D eigenvalue weighted by molar-refractivity contribution is 0.479. The number of hydrogen-bond donors (Lipinski definition) is 0. The summed E-state index contributed by atoms with van der Waals surface area (Å²) in [5, 5.41) is 9.35. The van der Waals surface area contributed by atoms with Crippen LogP contribution in [-0.4, -0.2) is 17.6 Å². The molecule has 2 heterocycles. The molecule has 0 radical (unpaired) electrons. The quantitative estimate of drug-likeness (QED) is 0.787. The lowest BCUT2D eigenvalue weighted by atomic mass is 10.1. The number of nitriles is 1. The molecule has 0 saturated carbocycles. The van der Waals surface area contributed by atoms with E-state index in [1.807, 2.05) is 6.07 Å². The first-order valence-electron chi connectivity index (χ1n) is 8.89. The van der Waals surface area contributed by atoms with E-state index >= 15 is 0 Å². The Morgan fingerprint density at radius 1 is 1.29 bits per heavy atom. The summed E-state index contributed by atoms with van der Waals surface area (Å²) < 4.78 is 6.09. The monoisotopic (exact) mass is 323 g/mol. The summed E-state index contributed by atoms with van der Waals surface area (Å²) in [4.78, 5) is 6.84. The average molecular weight is 323 g/mol. The van der Waals surface area contributed by atoms with Gasteiger partial charge in [-0.1, -0.05) is 44.2 Å². The van der Waals surface area contributed by atoms with Gasteiger partial charge in [0.25, 0.3) is 0 Å². The van der Waals surface area contributed by atoms with Gasteiger partial charge in [-0.15, -0.1) is 0 Å². The molecule has 1 aromatic carbocycles. The van der Waals surface area contributed by atoms with Gasteiger partial charge < -0.3 is 9.32 Å². The van der Waals surface area contributed by atoms with E-state index in [0.29, 0.717) is 5.92 Å². The molecule has 4 heteroatoms. The van der Waals surface area contributed by atoms with Gasteiger partial charge in [-0.05, 0) is 31.2 Å². The Bertz CT molecular complexity index is 699. The summed E-state index contributed by atoms with van der Waals surface area (Å²) in [7, 11) is 0. The first-order valence-corrected chi connectivity index (χ1v) is 8.89. The van der Waals surface area contributed by atoms with Crippen molar-refractivity contribution in [3.05, 3.63) is 47.5 Å². The molecule has 0 bridgehead atoms.